The average Bonchev–Trinajstić information content (AvgIpc) is 3.47. The fraction of sp³-hybridized carbons (Fsp3) is 0. The van der Waals surface area contributed by atoms with Crippen molar-refractivity contribution in [3.05, 3.63) is 152 Å². The van der Waals surface area contributed by atoms with E-state index in [4.69, 9.17) is 4.98 Å². The first-order valence-electron chi connectivity index (χ1n) is 14.5. The molecule has 0 radical (unpaired) electrons. The van der Waals surface area contributed by atoms with Gasteiger partial charge in [-0.25, -0.2) is 4.98 Å². The first-order chi connectivity index (χ1) is 21.2. The Balaban J connectivity index is 1.47. The normalized spacial score (nSPS) is 12.3. The van der Waals surface area contributed by atoms with Crippen LogP contribution in [0.3, 0.4) is 0 Å². The smallest absolute Gasteiger partial charge is 0.171 e. The first-order valence-corrected chi connectivity index (χ1v) is 16.2. The topological polar surface area (TPSA) is 34.4 Å². The van der Waals surface area contributed by atoms with Gasteiger partial charge in [-0.1, -0.05) is 121 Å². The van der Waals surface area contributed by atoms with Crippen molar-refractivity contribution in [3.63, 3.8) is 0 Å². The largest absolute Gasteiger partial charge is 0.309 e. The summed E-state index contributed by atoms with van der Waals surface area (Å²) < 4.78 is 17.6. The maximum atomic E-state index is 15.3. The summed E-state index contributed by atoms with van der Waals surface area (Å²) in [6, 6.07) is 51.9. The van der Waals surface area contributed by atoms with Gasteiger partial charge in [-0.05, 0) is 57.3 Å². The highest BCUT2D eigenvalue weighted by molar-refractivity contribution is 7.85. The molecule has 0 fully saturated rings. The van der Waals surface area contributed by atoms with E-state index in [-0.39, 0.29) is 0 Å². The van der Waals surface area contributed by atoms with Crippen molar-refractivity contribution in [1.82, 2.24) is 9.38 Å². The number of fused-ring (bicyclic) bond motifs is 11. The molecule has 0 saturated carbocycles. The minimum Gasteiger partial charge on any atom is -0.309 e. The Bertz CT molecular complexity index is 2540. The standard InChI is InChI=1S/C39H25N2OP/c42-43(29-14-3-1-4-15-29,30-16-5-2-6-17-30)31-20-22-35-37(25-31)41-36-24-28-13-8-7-12-27(28)23-34(36)33-21-19-26-11-9-10-18-32(26)38(33)39(41)40-35/h1-25H. The van der Waals surface area contributed by atoms with Gasteiger partial charge in [0.15, 0.2) is 7.14 Å². The Morgan fingerprint density at radius 2 is 1.09 bits per heavy atom. The molecule has 9 aromatic rings. The molecule has 0 N–H and O–H groups in total. The van der Waals surface area contributed by atoms with Crippen molar-refractivity contribution < 1.29 is 4.57 Å². The van der Waals surface area contributed by atoms with Crippen LogP contribution in [0.1, 0.15) is 0 Å². The van der Waals surface area contributed by atoms with Crippen LogP contribution < -0.4 is 15.9 Å². The summed E-state index contributed by atoms with van der Waals surface area (Å²) in [5.74, 6) is 0. The maximum absolute atomic E-state index is 15.3. The van der Waals surface area contributed by atoms with Crippen molar-refractivity contribution in [1.29, 1.82) is 0 Å². The van der Waals surface area contributed by atoms with Gasteiger partial charge in [-0.2, -0.15) is 0 Å². The van der Waals surface area contributed by atoms with Crippen LogP contribution in [-0.4, -0.2) is 9.38 Å². The molecule has 0 aliphatic carbocycles. The lowest BCUT2D eigenvalue weighted by Gasteiger charge is -2.20. The number of rotatable bonds is 3. The Kier molecular flexibility index (Phi) is 5.17. The lowest BCUT2D eigenvalue weighted by molar-refractivity contribution is 0.592. The maximum Gasteiger partial charge on any atom is 0.171 e. The third kappa shape index (κ3) is 3.49. The molecule has 43 heavy (non-hydrogen) atoms. The summed E-state index contributed by atoms with van der Waals surface area (Å²) in [5, 5.41) is 10.7. The molecule has 0 saturated heterocycles. The SMILES string of the molecule is O=P(c1ccccc1)(c1ccccc1)c1ccc2nc3c4c5ccccc5ccc4c4cc5ccccc5cc4n3c2c1. The fourth-order valence-electron chi connectivity index (χ4n) is 6.76. The molecule has 202 valence electrons. The van der Waals surface area contributed by atoms with Crippen molar-refractivity contribution in [3.8, 4) is 0 Å². The van der Waals surface area contributed by atoms with Crippen molar-refractivity contribution in [2.24, 2.45) is 0 Å². The molecule has 3 nitrogen and oxygen atoms in total. The zero-order chi connectivity index (χ0) is 28.5. The number of benzene rings is 7. The molecule has 0 aliphatic rings. The average molecular weight is 569 g/mol. The van der Waals surface area contributed by atoms with Gasteiger partial charge in [0.25, 0.3) is 0 Å². The van der Waals surface area contributed by atoms with E-state index in [0.717, 1.165) is 43.5 Å². The predicted molar refractivity (Wildman–Crippen MR) is 182 cm³/mol. The van der Waals surface area contributed by atoms with Gasteiger partial charge in [-0.15, -0.1) is 0 Å². The molecule has 0 unspecified atom stereocenters. The van der Waals surface area contributed by atoms with Gasteiger partial charge in [0, 0.05) is 26.7 Å². The summed E-state index contributed by atoms with van der Waals surface area (Å²) in [5.41, 5.74) is 3.84. The summed E-state index contributed by atoms with van der Waals surface area (Å²) in [4.78, 5) is 5.27. The third-order valence-corrected chi connectivity index (χ3v) is 11.8. The molecule has 0 atom stereocenters. The lowest BCUT2D eigenvalue weighted by atomic mass is 9.98. The summed E-state index contributed by atoms with van der Waals surface area (Å²) in [6.07, 6.45) is 0. The molecular weight excluding hydrogens is 543 g/mol. The molecule has 4 heteroatoms. The van der Waals surface area contributed by atoms with Crippen LogP contribution >= 0.6 is 7.14 Å². The van der Waals surface area contributed by atoms with Crippen LogP contribution in [0.4, 0.5) is 0 Å². The molecular formula is C39H25N2OP. The van der Waals surface area contributed by atoms with Gasteiger partial charge in [0.05, 0.1) is 16.6 Å². The highest BCUT2D eigenvalue weighted by Gasteiger charge is 2.30. The van der Waals surface area contributed by atoms with E-state index in [0.29, 0.717) is 0 Å². The molecule has 2 heterocycles. The number of imidazole rings is 1. The number of hydrogen-bond donors (Lipinski definition) is 0. The van der Waals surface area contributed by atoms with Crippen LogP contribution in [0.2, 0.25) is 0 Å². The second-order valence-corrected chi connectivity index (χ2v) is 13.9. The molecule has 7 aromatic carbocycles. The van der Waals surface area contributed by atoms with Gasteiger partial charge in [0.2, 0.25) is 0 Å². The van der Waals surface area contributed by atoms with E-state index < -0.39 is 7.14 Å². The van der Waals surface area contributed by atoms with Crippen molar-refractivity contribution in [2.75, 3.05) is 0 Å². The second-order valence-electron chi connectivity index (χ2n) is 11.1. The zero-order valence-corrected chi connectivity index (χ0v) is 24.1. The van der Waals surface area contributed by atoms with Crippen LogP contribution in [0.25, 0.3) is 59.9 Å². The third-order valence-electron chi connectivity index (χ3n) is 8.79. The van der Waals surface area contributed by atoms with Crippen LogP contribution in [0.15, 0.2) is 152 Å². The fourth-order valence-corrected chi connectivity index (χ4v) is 9.43. The predicted octanol–water partition coefficient (Wildman–Crippen LogP) is 8.74. The minimum absolute atomic E-state index is 0.797. The van der Waals surface area contributed by atoms with Crippen molar-refractivity contribution >= 4 is 83.0 Å². The summed E-state index contributed by atoms with van der Waals surface area (Å²) in [7, 11) is -3.16. The van der Waals surface area contributed by atoms with Crippen LogP contribution in [0, 0.1) is 0 Å². The van der Waals surface area contributed by atoms with E-state index in [1.54, 1.807) is 0 Å². The van der Waals surface area contributed by atoms with Gasteiger partial charge in [-0.3, -0.25) is 4.40 Å². The lowest BCUT2D eigenvalue weighted by Crippen LogP contribution is -2.24. The Hall–Kier alpha value is -5.24. The summed E-state index contributed by atoms with van der Waals surface area (Å²) >= 11 is 0. The quantitative estimate of drug-likeness (QED) is 0.121. The number of pyridine rings is 1. The molecule has 0 amide bonds. The van der Waals surface area contributed by atoms with E-state index in [1.165, 1.54) is 32.3 Å². The zero-order valence-electron chi connectivity index (χ0n) is 23.2. The highest BCUT2D eigenvalue weighted by atomic mass is 31.2. The van der Waals surface area contributed by atoms with Crippen molar-refractivity contribution in [2.45, 2.75) is 0 Å². The minimum atomic E-state index is -3.16. The first kappa shape index (κ1) is 24.4. The van der Waals surface area contributed by atoms with E-state index in [2.05, 4.69) is 83.3 Å². The number of aromatic nitrogens is 2. The molecule has 0 aliphatic heterocycles. The van der Waals surface area contributed by atoms with Gasteiger partial charge >= 0.3 is 0 Å². The van der Waals surface area contributed by atoms with Crippen LogP contribution in [0.5, 0.6) is 0 Å². The van der Waals surface area contributed by atoms with E-state index in [1.807, 2.05) is 72.8 Å². The molecule has 2 aromatic heterocycles. The van der Waals surface area contributed by atoms with Crippen LogP contribution in [-0.2, 0) is 4.57 Å². The number of nitrogens with zero attached hydrogens (tertiary/aromatic N) is 2. The Morgan fingerprint density at radius 3 is 1.81 bits per heavy atom. The van der Waals surface area contributed by atoms with E-state index in [9.17, 15) is 0 Å². The Morgan fingerprint density at radius 1 is 0.465 bits per heavy atom. The summed E-state index contributed by atoms with van der Waals surface area (Å²) in [6.45, 7) is 0. The van der Waals surface area contributed by atoms with Gasteiger partial charge < -0.3 is 4.57 Å². The molecule has 0 spiro atoms. The van der Waals surface area contributed by atoms with Gasteiger partial charge in [0.1, 0.15) is 5.65 Å². The monoisotopic (exact) mass is 568 g/mol. The molecule has 9 rings (SSSR count). The second kappa shape index (κ2) is 9.13. The molecule has 0 bridgehead atoms. The highest BCUT2D eigenvalue weighted by Crippen LogP contribution is 2.44. The van der Waals surface area contributed by atoms with E-state index >= 15 is 4.57 Å². The Labute approximate surface area is 248 Å². The number of hydrogen-bond acceptors (Lipinski definition) is 2.